The summed E-state index contributed by atoms with van der Waals surface area (Å²) in [5.41, 5.74) is -1.04. The van der Waals surface area contributed by atoms with Gasteiger partial charge in [-0.05, 0) is 30.4 Å². The van der Waals surface area contributed by atoms with Crippen molar-refractivity contribution < 1.29 is 22.8 Å². The highest BCUT2D eigenvalue weighted by molar-refractivity contribution is 7.80. The van der Waals surface area contributed by atoms with Gasteiger partial charge in [0.2, 0.25) is 11.8 Å². The van der Waals surface area contributed by atoms with Crippen molar-refractivity contribution in [3.05, 3.63) is 28.8 Å². The molecule has 0 aromatic heterocycles. The van der Waals surface area contributed by atoms with Crippen LogP contribution in [-0.4, -0.2) is 21.8 Å². The Kier molecular flexibility index (Phi) is 4.20. The molecule has 112 valence electrons. The molecule has 1 N–H and O–H groups in total. The Bertz CT molecular complexity index is 617. The molecule has 0 aliphatic carbocycles. The van der Waals surface area contributed by atoms with Crippen LogP contribution in [-0.2, 0) is 15.8 Å². The lowest BCUT2D eigenvalue weighted by Gasteiger charge is -2.18. The number of imide groups is 1. The molecular weight excluding hydrogens is 329 g/mol. The minimum Gasteiger partial charge on any atom is -0.331 e. The number of thiocarbonyl (C=S) groups is 1. The lowest BCUT2D eigenvalue weighted by molar-refractivity contribution is -0.137. The first-order valence-electron chi connectivity index (χ1n) is 5.73. The summed E-state index contributed by atoms with van der Waals surface area (Å²) in [6.45, 7) is 0. The molecular formula is C12H8ClF3N2O2S. The van der Waals surface area contributed by atoms with Gasteiger partial charge < -0.3 is 5.32 Å². The number of carbonyl (C=O) groups is 2. The SMILES string of the molecule is O=C1CCC(=O)N1C(=S)Nc1cc(C(F)(F)F)ccc1Cl. The molecule has 2 rings (SSSR count). The van der Waals surface area contributed by atoms with E-state index in [0.717, 1.165) is 23.1 Å². The molecule has 1 saturated heterocycles. The van der Waals surface area contributed by atoms with Gasteiger partial charge in [-0.1, -0.05) is 11.6 Å². The Hall–Kier alpha value is -1.67. The number of nitrogens with zero attached hydrogens (tertiary/aromatic N) is 1. The average Bonchev–Trinajstić information content (AvgIpc) is 2.70. The van der Waals surface area contributed by atoms with E-state index in [9.17, 15) is 22.8 Å². The van der Waals surface area contributed by atoms with Crippen LogP contribution in [0.3, 0.4) is 0 Å². The fraction of sp³-hybridized carbons (Fsp3) is 0.250. The number of nitrogens with one attached hydrogen (secondary N) is 1. The highest BCUT2D eigenvalue weighted by Gasteiger charge is 2.34. The van der Waals surface area contributed by atoms with Gasteiger partial charge in [0.15, 0.2) is 5.11 Å². The van der Waals surface area contributed by atoms with Crippen molar-refractivity contribution in [3.8, 4) is 0 Å². The first-order valence-corrected chi connectivity index (χ1v) is 6.52. The Morgan fingerprint density at radius 2 is 1.81 bits per heavy atom. The van der Waals surface area contributed by atoms with Crippen LogP contribution in [0.25, 0.3) is 0 Å². The normalized spacial score (nSPS) is 15.5. The zero-order valence-electron chi connectivity index (χ0n) is 10.3. The fourth-order valence-corrected chi connectivity index (χ4v) is 2.25. The van der Waals surface area contributed by atoms with Crippen molar-refractivity contribution in [2.45, 2.75) is 19.0 Å². The van der Waals surface area contributed by atoms with Gasteiger partial charge in [-0.25, -0.2) is 4.90 Å². The predicted molar refractivity (Wildman–Crippen MR) is 73.8 cm³/mol. The molecule has 0 unspecified atom stereocenters. The van der Waals surface area contributed by atoms with Crippen LogP contribution < -0.4 is 5.32 Å². The summed E-state index contributed by atoms with van der Waals surface area (Å²) in [5, 5.41) is 2.11. The molecule has 9 heteroatoms. The van der Waals surface area contributed by atoms with Crippen molar-refractivity contribution in [3.63, 3.8) is 0 Å². The minimum absolute atomic E-state index is 0.00977. The third kappa shape index (κ3) is 3.33. The van der Waals surface area contributed by atoms with Crippen LogP contribution in [0.5, 0.6) is 0 Å². The number of anilines is 1. The number of hydrogen-bond donors (Lipinski definition) is 1. The van der Waals surface area contributed by atoms with Gasteiger partial charge in [0.25, 0.3) is 0 Å². The van der Waals surface area contributed by atoms with Crippen LogP contribution in [0.1, 0.15) is 18.4 Å². The molecule has 1 aromatic carbocycles. The molecule has 21 heavy (non-hydrogen) atoms. The van der Waals surface area contributed by atoms with Crippen molar-refractivity contribution in [1.29, 1.82) is 0 Å². The lowest BCUT2D eigenvalue weighted by atomic mass is 10.2. The Labute approximate surface area is 127 Å². The van der Waals surface area contributed by atoms with Gasteiger partial charge in [0.1, 0.15) is 0 Å². The summed E-state index contributed by atoms with van der Waals surface area (Å²) in [7, 11) is 0. The van der Waals surface area contributed by atoms with Crippen LogP contribution >= 0.6 is 23.8 Å². The summed E-state index contributed by atoms with van der Waals surface area (Å²) < 4.78 is 37.9. The summed E-state index contributed by atoms with van der Waals surface area (Å²) in [4.78, 5) is 23.7. The summed E-state index contributed by atoms with van der Waals surface area (Å²) in [6.07, 6.45) is -4.49. The second-order valence-electron chi connectivity index (χ2n) is 4.25. The van der Waals surface area contributed by atoms with Crippen molar-refractivity contribution >= 4 is 46.4 Å². The second kappa shape index (κ2) is 5.61. The van der Waals surface area contributed by atoms with E-state index in [1.807, 2.05) is 0 Å². The predicted octanol–water partition coefficient (Wildman–Crippen LogP) is 3.20. The second-order valence-corrected chi connectivity index (χ2v) is 5.04. The molecule has 1 fully saturated rings. The molecule has 0 spiro atoms. The Balaban J connectivity index is 2.25. The van der Waals surface area contributed by atoms with Gasteiger partial charge in [-0.15, -0.1) is 0 Å². The lowest BCUT2D eigenvalue weighted by Crippen LogP contribution is -2.38. The number of halogens is 4. The molecule has 4 nitrogen and oxygen atoms in total. The summed E-state index contributed by atoms with van der Waals surface area (Å²) in [5.74, 6) is -0.999. The molecule has 0 atom stereocenters. The monoisotopic (exact) mass is 336 g/mol. The molecule has 1 aromatic rings. The minimum atomic E-state index is -4.54. The molecule has 0 bridgehead atoms. The number of rotatable bonds is 1. The van der Waals surface area contributed by atoms with Crippen LogP contribution in [0.4, 0.5) is 18.9 Å². The van der Waals surface area contributed by atoms with E-state index in [-0.39, 0.29) is 28.7 Å². The smallest absolute Gasteiger partial charge is 0.331 e. The van der Waals surface area contributed by atoms with E-state index in [1.54, 1.807) is 0 Å². The molecule has 2 amide bonds. The zero-order valence-corrected chi connectivity index (χ0v) is 11.9. The van der Waals surface area contributed by atoms with Crippen molar-refractivity contribution in [1.82, 2.24) is 4.90 Å². The molecule has 1 heterocycles. The maximum atomic E-state index is 12.6. The van der Waals surface area contributed by atoms with E-state index in [1.165, 1.54) is 0 Å². The Morgan fingerprint density at radius 3 is 2.33 bits per heavy atom. The number of amides is 2. The number of alkyl halides is 3. The van der Waals surface area contributed by atoms with Gasteiger partial charge >= 0.3 is 6.18 Å². The third-order valence-electron chi connectivity index (χ3n) is 2.79. The maximum Gasteiger partial charge on any atom is 0.416 e. The highest BCUT2D eigenvalue weighted by Crippen LogP contribution is 2.34. The van der Waals surface area contributed by atoms with Gasteiger partial charge in [-0.2, -0.15) is 13.2 Å². The van der Waals surface area contributed by atoms with Crippen molar-refractivity contribution in [2.75, 3.05) is 5.32 Å². The standard InChI is InChI=1S/C12H8ClF3N2O2S/c13-7-2-1-6(12(14,15)16)5-8(7)17-11(21)18-9(19)3-4-10(18)20/h1-2,5H,3-4H2,(H,17,21). The largest absolute Gasteiger partial charge is 0.416 e. The number of hydrogen-bond acceptors (Lipinski definition) is 3. The first kappa shape index (κ1) is 15.7. The van der Waals surface area contributed by atoms with Crippen molar-refractivity contribution in [2.24, 2.45) is 0 Å². The zero-order chi connectivity index (χ0) is 15.8. The first-order chi connectivity index (χ1) is 9.70. The van der Waals surface area contributed by atoms with Crippen LogP contribution in [0.15, 0.2) is 18.2 Å². The van der Waals surface area contributed by atoms with E-state index in [2.05, 4.69) is 5.32 Å². The molecule has 0 radical (unpaired) electrons. The molecule has 1 aliphatic heterocycles. The van der Waals surface area contributed by atoms with E-state index in [4.69, 9.17) is 23.8 Å². The average molecular weight is 337 g/mol. The molecule has 1 aliphatic rings. The van der Waals surface area contributed by atoms with E-state index in [0.29, 0.717) is 0 Å². The molecule has 0 saturated carbocycles. The van der Waals surface area contributed by atoms with Gasteiger partial charge in [0, 0.05) is 12.8 Å². The van der Waals surface area contributed by atoms with Gasteiger partial charge in [0.05, 0.1) is 16.3 Å². The Morgan fingerprint density at radius 1 is 1.24 bits per heavy atom. The van der Waals surface area contributed by atoms with Crippen LogP contribution in [0, 0.1) is 0 Å². The number of carbonyl (C=O) groups excluding carboxylic acids is 2. The topological polar surface area (TPSA) is 49.4 Å². The van der Waals surface area contributed by atoms with E-state index < -0.39 is 23.6 Å². The third-order valence-corrected chi connectivity index (χ3v) is 3.40. The van der Waals surface area contributed by atoms with Crippen LogP contribution in [0.2, 0.25) is 5.02 Å². The number of likely N-dealkylation sites (tertiary alicyclic amines) is 1. The number of benzene rings is 1. The highest BCUT2D eigenvalue weighted by atomic mass is 35.5. The van der Waals surface area contributed by atoms with E-state index >= 15 is 0 Å². The van der Waals surface area contributed by atoms with Gasteiger partial charge in [-0.3, -0.25) is 9.59 Å². The fourth-order valence-electron chi connectivity index (χ4n) is 1.77. The quantitative estimate of drug-likeness (QED) is 0.632. The summed E-state index contributed by atoms with van der Waals surface area (Å²) >= 11 is 10.7. The maximum absolute atomic E-state index is 12.6. The summed E-state index contributed by atoms with van der Waals surface area (Å²) in [6, 6.07) is 2.64.